The van der Waals surface area contributed by atoms with Crippen LogP contribution in [0.15, 0.2) is 51.7 Å². The minimum atomic E-state index is -0.903. The van der Waals surface area contributed by atoms with Crippen molar-refractivity contribution in [1.29, 1.82) is 0 Å². The maximum atomic E-state index is 13.6. The first-order valence-corrected chi connectivity index (χ1v) is 8.35. The number of hydrogen-bond donors (Lipinski definition) is 1. The van der Waals surface area contributed by atoms with Crippen molar-refractivity contribution < 1.29 is 23.6 Å². The number of nitrogens with zero attached hydrogens (tertiary/aromatic N) is 2. The number of benzene rings is 2. The molecular weight excluding hydrogens is 371 g/mol. The highest BCUT2D eigenvalue weighted by Crippen LogP contribution is 2.38. The van der Waals surface area contributed by atoms with Gasteiger partial charge in [0.15, 0.2) is 5.43 Å². The maximum Gasteiger partial charge on any atom is 0.290 e. The van der Waals surface area contributed by atoms with Crippen molar-refractivity contribution in [3.05, 3.63) is 85.5 Å². The van der Waals surface area contributed by atoms with Gasteiger partial charge in [-0.05, 0) is 35.9 Å². The number of halogens is 1. The summed E-state index contributed by atoms with van der Waals surface area (Å²) in [6, 6.07) is 7.92. The standard InChI is InChI=1S/C19H13FN2O6/c20-11-3-6-14-13(9-11)17(24)15-16(10-1-4-12(5-2-10)22(26)27)21(7-8-23)19(25)18(15)28-14/h1-6,9,16,23H,7-8H2/t16-/m1/s1. The highest BCUT2D eigenvalue weighted by Gasteiger charge is 2.42. The number of fused-ring (bicyclic) bond motifs is 2. The molecule has 28 heavy (non-hydrogen) atoms. The SMILES string of the molecule is O=C1c2oc3ccc(F)cc3c(=O)c2[C@@H](c2ccc([N+](=O)[O-])cc2)N1CCO. The van der Waals surface area contributed by atoms with Gasteiger partial charge in [-0.25, -0.2) is 4.39 Å². The minimum Gasteiger partial charge on any atom is -0.450 e. The molecule has 0 bridgehead atoms. The number of nitro benzene ring substituents is 1. The Morgan fingerprint density at radius 2 is 1.89 bits per heavy atom. The van der Waals surface area contributed by atoms with E-state index in [1.165, 1.54) is 35.2 Å². The van der Waals surface area contributed by atoms with Gasteiger partial charge in [0.25, 0.3) is 11.6 Å². The summed E-state index contributed by atoms with van der Waals surface area (Å²) in [5.41, 5.74) is -0.172. The molecule has 2 heterocycles. The highest BCUT2D eigenvalue weighted by atomic mass is 19.1. The van der Waals surface area contributed by atoms with Crippen molar-refractivity contribution in [2.75, 3.05) is 13.2 Å². The van der Waals surface area contributed by atoms with E-state index in [0.717, 1.165) is 12.1 Å². The zero-order valence-corrected chi connectivity index (χ0v) is 14.3. The van der Waals surface area contributed by atoms with E-state index < -0.39 is 28.1 Å². The molecule has 0 unspecified atom stereocenters. The van der Waals surface area contributed by atoms with Crippen LogP contribution in [-0.2, 0) is 0 Å². The number of amides is 1. The van der Waals surface area contributed by atoms with Crippen molar-refractivity contribution in [2.24, 2.45) is 0 Å². The van der Waals surface area contributed by atoms with Crippen molar-refractivity contribution in [3.8, 4) is 0 Å². The Balaban J connectivity index is 1.96. The summed E-state index contributed by atoms with van der Waals surface area (Å²) in [7, 11) is 0. The summed E-state index contributed by atoms with van der Waals surface area (Å²) in [4.78, 5) is 37.4. The lowest BCUT2D eigenvalue weighted by molar-refractivity contribution is -0.384. The van der Waals surface area contributed by atoms with E-state index in [1.807, 2.05) is 0 Å². The minimum absolute atomic E-state index is 0.00990. The molecule has 1 amide bonds. The predicted octanol–water partition coefficient (Wildman–Crippen LogP) is 2.38. The third kappa shape index (κ3) is 2.64. The first kappa shape index (κ1) is 17.8. The molecule has 0 aliphatic carbocycles. The van der Waals surface area contributed by atoms with Crippen LogP contribution in [0.5, 0.6) is 0 Å². The van der Waals surface area contributed by atoms with Crippen LogP contribution in [0.3, 0.4) is 0 Å². The van der Waals surface area contributed by atoms with Gasteiger partial charge in [0.05, 0.1) is 28.5 Å². The lowest BCUT2D eigenvalue weighted by atomic mass is 9.98. The molecule has 1 aromatic heterocycles. The fraction of sp³-hybridized carbons (Fsp3) is 0.158. The normalized spacial score (nSPS) is 15.9. The molecule has 1 aliphatic heterocycles. The van der Waals surface area contributed by atoms with Crippen molar-refractivity contribution in [1.82, 2.24) is 4.90 Å². The number of aliphatic hydroxyl groups is 1. The second-order valence-corrected chi connectivity index (χ2v) is 6.29. The molecule has 1 aliphatic rings. The monoisotopic (exact) mass is 384 g/mol. The molecule has 0 radical (unpaired) electrons. The fourth-order valence-corrected chi connectivity index (χ4v) is 3.46. The number of carbonyl (C=O) groups is 1. The molecule has 2 aromatic carbocycles. The molecule has 0 saturated carbocycles. The van der Waals surface area contributed by atoms with E-state index in [9.17, 15) is 29.2 Å². The Bertz CT molecular complexity index is 1170. The summed E-state index contributed by atoms with van der Waals surface area (Å²) < 4.78 is 19.2. The van der Waals surface area contributed by atoms with Crippen LogP contribution in [-0.4, -0.2) is 34.0 Å². The van der Waals surface area contributed by atoms with Crippen LogP contribution in [0, 0.1) is 15.9 Å². The smallest absolute Gasteiger partial charge is 0.290 e. The van der Waals surface area contributed by atoms with Gasteiger partial charge in [-0.1, -0.05) is 0 Å². The average Bonchev–Trinajstić information content (AvgIpc) is 2.95. The summed E-state index contributed by atoms with van der Waals surface area (Å²) in [6.07, 6.45) is 0. The average molecular weight is 384 g/mol. The molecule has 1 atom stereocenters. The molecule has 1 N–H and O–H groups in total. The van der Waals surface area contributed by atoms with E-state index in [1.54, 1.807) is 0 Å². The third-order valence-corrected chi connectivity index (χ3v) is 4.69. The molecule has 0 spiro atoms. The molecular formula is C19H13FN2O6. The first-order valence-electron chi connectivity index (χ1n) is 8.35. The lowest BCUT2D eigenvalue weighted by Gasteiger charge is -2.24. The summed E-state index contributed by atoms with van der Waals surface area (Å²) in [6.45, 7) is -0.430. The van der Waals surface area contributed by atoms with Crippen molar-refractivity contribution in [2.45, 2.75) is 6.04 Å². The zero-order valence-electron chi connectivity index (χ0n) is 14.3. The molecule has 4 rings (SSSR count). The summed E-state index contributed by atoms with van der Waals surface area (Å²) >= 11 is 0. The van der Waals surface area contributed by atoms with Crippen LogP contribution < -0.4 is 5.43 Å². The van der Waals surface area contributed by atoms with Crippen LogP contribution >= 0.6 is 0 Å². The number of rotatable bonds is 4. The fourth-order valence-electron chi connectivity index (χ4n) is 3.46. The van der Waals surface area contributed by atoms with E-state index in [0.29, 0.717) is 5.56 Å². The maximum absolute atomic E-state index is 13.6. The summed E-state index contributed by atoms with van der Waals surface area (Å²) in [5, 5.41) is 20.2. The number of aliphatic hydroxyl groups excluding tert-OH is 1. The Labute approximate surface area is 156 Å². The predicted molar refractivity (Wildman–Crippen MR) is 95.5 cm³/mol. The van der Waals surface area contributed by atoms with Gasteiger partial charge in [-0.15, -0.1) is 0 Å². The van der Waals surface area contributed by atoms with Crippen molar-refractivity contribution >= 4 is 22.6 Å². The quantitative estimate of drug-likeness (QED) is 0.546. The Morgan fingerprint density at radius 3 is 2.54 bits per heavy atom. The Morgan fingerprint density at radius 1 is 1.18 bits per heavy atom. The van der Waals surface area contributed by atoms with Gasteiger partial charge in [0.2, 0.25) is 5.76 Å². The van der Waals surface area contributed by atoms with Gasteiger partial charge in [-0.3, -0.25) is 19.7 Å². The van der Waals surface area contributed by atoms with Crippen LogP contribution in [0.1, 0.15) is 27.7 Å². The molecule has 0 saturated heterocycles. The van der Waals surface area contributed by atoms with Crippen molar-refractivity contribution in [3.63, 3.8) is 0 Å². The van der Waals surface area contributed by atoms with Gasteiger partial charge >= 0.3 is 0 Å². The van der Waals surface area contributed by atoms with Gasteiger partial charge in [-0.2, -0.15) is 0 Å². The number of non-ortho nitro benzene ring substituents is 1. The van der Waals surface area contributed by atoms with E-state index in [-0.39, 0.29) is 41.1 Å². The third-order valence-electron chi connectivity index (χ3n) is 4.69. The van der Waals surface area contributed by atoms with E-state index >= 15 is 0 Å². The Kier molecular flexibility index (Phi) is 4.16. The topological polar surface area (TPSA) is 114 Å². The molecule has 3 aromatic rings. The molecule has 0 fully saturated rings. The zero-order chi connectivity index (χ0) is 20.0. The number of nitro groups is 1. The van der Waals surface area contributed by atoms with Crippen LogP contribution in [0.4, 0.5) is 10.1 Å². The second kappa shape index (κ2) is 6.54. The number of β-amino-alcohol motifs (C(OH)–C–C–N with tert-alkyl or cyclic N) is 1. The summed E-state index contributed by atoms with van der Waals surface area (Å²) in [5.74, 6) is -1.39. The van der Waals surface area contributed by atoms with Crippen LogP contribution in [0.25, 0.3) is 11.0 Å². The molecule has 8 nitrogen and oxygen atoms in total. The van der Waals surface area contributed by atoms with Gasteiger partial charge < -0.3 is 14.4 Å². The number of hydrogen-bond acceptors (Lipinski definition) is 6. The first-order chi connectivity index (χ1) is 13.4. The lowest BCUT2D eigenvalue weighted by Crippen LogP contribution is -2.32. The molecule has 9 heteroatoms. The van der Waals surface area contributed by atoms with Crippen LogP contribution in [0.2, 0.25) is 0 Å². The largest absolute Gasteiger partial charge is 0.450 e. The van der Waals surface area contributed by atoms with E-state index in [2.05, 4.69) is 0 Å². The molecule has 142 valence electrons. The van der Waals surface area contributed by atoms with Gasteiger partial charge in [0.1, 0.15) is 11.4 Å². The number of carbonyl (C=O) groups excluding carboxylic acids is 1. The Hall–Kier alpha value is -3.59. The van der Waals surface area contributed by atoms with Gasteiger partial charge in [0, 0.05) is 18.7 Å². The highest BCUT2D eigenvalue weighted by molar-refractivity contribution is 5.99. The second-order valence-electron chi connectivity index (χ2n) is 6.29. The van der Waals surface area contributed by atoms with E-state index in [4.69, 9.17) is 4.42 Å².